The Morgan fingerprint density at radius 2 is 2.64 bits per heavy atom. The van der Waals surface area contributed by atoms with Gasteiger partial charge in [0.05, 0.1) is 13.7 Å². The summed E-state index contributed by atoms with van der Waals surface area (Å²) in [5, 5.41) is 8.62. The van der Waals surface area contributed by atoms with E-state index in [9.17, 15) is 4.79 Å². The summed E-state index contributed by atoms with van der Waals surface area (Å²) in [6, 6.07) is 0. The second-order valence-electron chi connectivity index (χ2n) is 2.81. The molecule has 1 atom stereocenters. The van der Waals surface area contributed by atoms with Crippen molar-refractivity contribution < 1.29 is 9.53 Å². The molecule has 2 heterocycles. The lowest BCUT2D eigenvalue weighted by Crippen LogP contribution is -2.08. The molecule has 1 aromatic heterocycles. The highest BCUT2D eigenvalue weighted by atomic mass is 35.5. The van der Waals surface area contributed by atoms with E-state index < -0.39 is 5.97 Å². The third-order valence-electron chi connectivity index (χ3n) is 1.90. The molecule has 1 aliphatic rings. The molecule has 0 saturated carbocycles. The van der Waals surface area contributed by atoms with Crippen LogP contribution in [0, 0.1) is 0 Å². The molecule has 0 bridgehead atoms. The molecule has 0 amide bonds. The number of esters is 1. The molecular formula is C7H8ClN3O2S. The van der Waals surface area contributed by atoms with Crippen LogP contribution in [0.2, 0.25) is 0 Å². The van der Waals surface area contributed by atoms with Crippen molar-refractivity contribution in [1.82, 2.24) is 15.0 Å². The standard InChI is InChI=1S/C7H8ClN3O2S/c1-13-7(12)5-6-11(10-9-5)3-4(2-8)14-6/h4H,2-3H2,1H3/t4-/m0/s1. The molecular weight excluding hydrogens is 226 g/mol. The number of hydrogen-bond donors (Lipinski definition) is 0. The van der Waals surface area contributed by atoms with Crippen LogP contribution in [0.4, 0.5) is 0 Å². The summed E-state index contributed by atoms with van der Waals surface area (Å²) in [4.78, 5) is 11.2. The summed E-state index contributed by atoms with van der Waals surface area (Å²) in [6.45, 7) is 0.702. The third-order valence-corrected chi connectivity index (χ3v) is 3.73. The first-order valence-electron chi connectivity index (χ1n) is 4.00. The van der Waals surface area contributed by atoms with Crippen molar-refractivity contribution in [1.29, 1.82) is 0 Å². The second-order valence-corrected chi connectivity index (χ2v) is 4.41. The van der Waals surface area contributed by atoms with E-state index in [1.54, 1.807) is 4.68 Å². The summed E-state index contributed by atoms with van der Waals surface area (Å²) in [7, 11) is 1.33. The lowest BCUT2D eigenvalue weighted by Gasteiger charge is -1.99. The molecule has 0 aromatic carbocycles. The Kier molecular flexibility index (Phi) is 2.64. The van der Waals surface area contributed by atoms with Crippen LogP contribution in [0.15, 0.2) is 5.03 Å². The molecule has 0 unspecified atom stereocenters. The van der Waals surface area contributed by atoms with E-state index in [1.807, 2.05) is 0 Å². The molecule has 14 heavy (non-hydrogen) atoms. The van der Waals surface area contributed by atoms with Gasteiger partial charge in [0.2, 0.25) is 5.69 Å². The maximum absolute atomic E-state index is 11.2. The third kappa shape index (κ3) is 1.48. The minimum Gasteiger partial charge on any atom is -0.464 e. The van der Waals surface area contributed by atoms with Crippen molar-refractivity contribution in [2.24, 2.45) is 0 Å². The van der Waals surface area contributed by atoms with Gasteiger partial charge in [-0.05, 0) is 0 Å². The number of nitrogens with zero attached hydrogens (tertiary/aromatic N) is 3. The lowest BCUT2D eigenvalue weighted by molar-refractivity contribution is 0.0589. The van der Waals surface area contributed by atoms with Gasteiger partial charge in [-0.3, -0.25) is 0 Å². The maximum atomic E-state index is 11.2. The van der Waals surface area contributed by atoms with Gasteiger partial charge in [0.25, 0.3) is 0 Å². The van der Waals surface area contributed by atoms with E-state index >= 15 is 0 Å². The van der Waals surface area contributed by atoms with E-state index in [2.05, 4.69) is 15.0 Å². The number of halogens is 1. The topological polar surface area (TPSA) is 57.0 Å². The van der Waals surface area contributed by atoms with Crippen molar-refractivity contribution in [3.63, 3.8) is 0 Å². The number of hydrogen-bond acceptors (Lipinski definition) is 5. The summed E-state index contributed by atoms with van der Waals surface area (Å²) in [5.41, 5.74) is 0.283. The normalized spacial score (nSPS) is 19.4. The van der Waals surface area contributed by atoms with Gasteiger partial charge >= 0.3 is 5.97 Å². The van der Waals surface area contributed by atoms with Gasteiger partial charge in [-0.25, -0.2) is 9.48 Å². The predicted octanol–water partition coefficient (Wildman–Crippen LogP) is 0.778. The molecule has 1 aliphatic heterocycles. The number of alkyl halides is 1. The highest BCUT2D eigenvalue weighted by Crippen LogP contribution is 2.33. The minimum absolute atomic E-state index is 0.269. The highest BCUT2D eigenvalue weighted by Gasteiger charge is 2.29. The van der Waals surface area contributed by atoms with E-state index in [0.717, 1.165) is 5.03 Å². The Morgan fingerprint density at radius 3 is 3.29 bits per heavy atom. The Morgan fingerprint density at radius 1 is 1.86 bits per heavy atom. The molecule has 1 aromatic rings. The smallest absolute Gasteiger partial charge is 0.361 e. The number of thioether (sulfide) groups is 1. The Labute approximate surface area is 89.7 Å². The van der Waals surface area contributed by atoms with Crippen LogP contribution in [-0.4, -0.2) is 39.2 Å². The van der Waals surface area contributed by atoms with Crippen molar-refractivity contribution in [3.05, 3.63) is 5.69 Å². The number of ether oxygens (including phenoxy) is 1. The number of carbonyl (C=O) groups is 1. The first-order valence-corrected chi connectivity index (χ1v) is 5.42. The van der Waals surface area contributed by atoms with Crippen LogP contribution in [0.3, 0.4) is 0 Å². The zero-order valence-corrected chi connectivity index (χ0v) is 9.01. The molecule has 0 spiro atoms. The zero-order chi connectivity index (χ0) is 10.1. The largest absolute Gasteiger partial charge is 0.464 e. The summed E-state index contributed by atoms with van der Waals surface area (Å²) < 4.78 is 6.27. The Bertz CT molecular complexity index is 368. The van der Waals surface area contributed by atoms with Crippen LogP contribution in [-0.2, 0) is 11.3 Å². The maximum Gasteiger partial charge on any atom is 0.361 e. The quantitative estimate of drug-likeness (QED) is 0.558. The van der Waals surface area contributed by atoms with Crippen LogP contribution in [0.5, 0.6) is 0 Å². The van der Waals surface area contributed by atoms with Crippen LogP contribution >= 0.6 is 23.4 Å². The van der Waals surface area contributed by atoms with Crippen molar-refractivity contribution in [2.45, 2.75) is 16.8 Å². The number of fused-ring (bicyclic) bond motifs is 1. The second kappa shape index (κ2) is 3.78. The molecule has 0 aliphatic carbocycles. The van der Waals surface area contributed by atoms with E-state index in [-0.39, 0.29) is 10.9 Å². The SMILES string of the molecule is COC(=O)c1nnn2c1S[C@@H](CCl)C2. The van der Waals surface area contributed by atoms with Gasteiger partial charge < -0.3 is 4.74 Å². The monoisotopic (exact) mass is 233 g/mol. The zero-order valence-electron chi connectivity index (χ0n) is 7.44. The van der Waals surface area contributed by atoms with Gasteiger partial charge in [-0.2, -0.15) is 0 Å². The first-order chi connectivity index (χ1) is 6.76. The van der Waals surface area contributed by atoms with Crippen LogP contribution < -0.4 is 0 Å². The fourth-order valence-electron chi connectivity index (χ4n) is 1.23. The van der Waals surface area contributed by atoms with Gasteiger partial charge in [0, 0.05) is 11.1 Å². The first kappa shape index (κ1) is 9.79. The van der Waals surface area contributed by atoms with Gasteiger partial charge in [-0.15, -0.1) is 16.7 Å². The minimum atomic E-state index is -0.450. The average molecular weight is 234 g/mol. The fourth-order valence-corrected chi connectivity index (χ4v) is 2.58. The predicted molar refractivity (Wildman–Crippen MR) is 51.7 cm³/mol. The van der Waals surface area contributed by atoms with Gasteiger partial charge in [0.1, 0.15) is 5.03 Å². The Hall–Kier alpha value is -0.750. The molecule has 76 valence electrons. The van der Waals surface area contributed by atoms with E-state index in [4.69, 9.17) is 11.6 Å². The lowest BCUT2D eigenvalue weighted by atomic mass is 10.4. The number of aromatic nitrogens is 3. The van der Waals surface area contributed by atoms with Gasteiger partial charge in [-0.1, -0.05) is 17.0 Å². The molecule has 0 radical (unpaired) electrons. The molecule has 0 N–H and O–H groups in total. The van der Waals surface area contributed by atoms with E-state index in [1.165, 1.54) is 18.9 Å². The summed E-state index contributed by atoms with van der Waals surface area (Å²) in [6.07, 6.45) is 0. The highest BCUT2D eigenvalue weighted by molar-refractivity contribution is 8.00. The Balaban J connectivity index is 2.27. The van der Waals surface area contributed by atoms with Crippen LogP contribution in [0.25, 0.3) is 0 Å². The van der Waals surface area contributed by atoms with Crippen molar-refractivity contribution >= 4 is 29.3 Å². The van der Waals surface area contributed by atoms with Crippen LogP contribution in [0.1, 0.15) is 10.5 Å². The average Bonchev–Trinajstić information content (AvgIpc) is 2.74. The molecule has 0 saturated heterocycles. The van der Waals surface area contributed by atoms with Crippen molar-refractivity contribution in [2.75, 3.05) is 13.0 Å². The fraction of sp³-hybridized carbons (Fsp3) is 0.571. The van der Waals surface area contributed by atoms with Crippen molar-refractivity contribution in [3.8, 4) is 0 Å². The molecule has 7 heteroatoms. The number of rotatable bonds is 2. The molecule has 2 rings (SSSR count). The van der Waals surface area contributed by atoms with Gasteiger partial charge in [0.15, 0.2) is 0 Å². The summed E-state index contributed by atoms with van der Waals surface area (Å²) >= 11 is 7.24. The molecule has 5 nitrogen and oxygen atoms in total. The van der Waals surface area contributed by atoms with E-state index in [0.29, 0.717) is 12.4 Å². The number of methoxy groups -OCH3 is 1. The molecule has 0 fully saturated rings. The summed E-state index contributed by atoms with van der Waals surface area (Å²) in [5.74, 6) is 0.0863. The number of carbonyl (C=O) groups excluding carboxylic acids is 1.